The van der Waals surface area contributed by atoms with Gasteiger partial charge in [0, 0.05) is 35.6 Å². The van der Waals surface area contributed by atoms with Crippen LogP contribution in [-0.4, -0.2) is 63.0 Å². The highest BCUT2D eigenvalue weighted by atomic mass is 35.5. The molecular weight excluding hydrogens is 549 g/mol. The van der Waals surface area contributed by atoms with Crippen LogP contribution in [0.5, 0.6) is 0 Å². The molecule has 0 radical (unpaired) electrons. The Labute approximate surface area is 239 Å². The third-order valence-corrected chi connectivity index (χ3v) is 7.72. The molecule has 2 amide bonds. The monoisotopic (exact) mass is 581 g/mol. The van der Waals surface area contributed by atoms with Crippen LogP contribution in [0.2, 0.25) is 15.1 Å². The lowest BCUT2D eigenvalue weighted by Crippen LogP contribution is -2.50. The van der Waals surface area contributed by atoms with E-state index in [2.05, 4.69) is 10.3 Å². The summed E-state index contributed by atoms with van der Waals surface area (Å²) in [5.41, 5.74) is 0.281. The molecule has 0 bridgehead atoms. The third kappa shape index (κ3) is 6.82. The Morgan fingerprint density at radius 3 is 2.45 bits per heavy atom. The van der Waals surface area contributed by atoms with E-state index in [1.807, 2.05) is 38.7 Å². The van der Waals surface area contributed by atoms with E-state index in [-0.39, 0.29) is 17.9 Å². The Morgan fingerprint density at radius 1 is 1.08 bits per heavy atom. The number of benzene rings is 1. The van der Waals surface area contributed by atoms with Crippen LogP contribution in [0.1, 0.15) is 76.7 Å². The molecule has 38 heavy (non-hydrogen) atoms. The van der Waals surface area contributed by atoms with Gasteiger partial charge in [0.15, 0.2) is 0 Å². The Morgan fingerprint density at radius 2 is 1.79 bits per heavy atom. The summed E-state index contributed by atoms with van der Waals surface area (Å²) in [7, 11) is 0. The fourth-order valence-electron chi connectivity index (χ4n) is 4.95. The number of anilines is 1. The lowest BCUT2D eigenvalue weighted by Gasteiger charge is -2.35. The van der Waals surface area contributed by atoms with E-state index >= 15 is 0 Å². The highest BCUT2D eigenvalue weighted by Crippen LogP contribution is 2.33. The molecule has 2 aliphatic rings. The fraction of sp³-hybridized carbons (Fsp3) is 0.556. The number of rotatable bonds is 5. The smallest absolute Gasteiger partial charge is 0.410 e. The van der Waals surface area contributed by atoms with E-state index in [4.69, 9.17) is 44.5 Å². The molecule has 2 fully saturated rings. The van der Waals surface area contributed by atoms with Crippen LogP contribution in [0.3, 0.4) is 0 Å². The first-order chi connectivity index (χ1) is 17.9. The molecule has 0 aliphatic carbocycles. The van der Waals surface area contributed by atoms with Crippen LogP contribution < -0.4 is 5.32 Å². The maximum Gasteiger partial charge on any atom is 0.410 e. The van der Waals surface area contributed by atoms with Gasteiger partial charge in [-0.3, -0.25) is 9.69 Å². The number of hydrogen-bond donors (Lipinski definition) is 1. The number of aromatic nitrogens is 2. The van der Waals surface area contributed by atoms with Crippen LogP contribution in [0.4, 0.5) is 10.6 Å². The second-order valence-corrected chi connectivity index (χ2v) is 12.1. The first kappa shape index (κ1) is 28.7. The zero-order valence-corrected chi connectivity index (χ0v) is 24.4. The van der Waals surface area contributed by atoms with Crippen molar-refractivity contribution in [2.24, 2.45) is 0 Å². The molecule has 3 heterocycles. The Kier molecular flexibility index (Phi) is 8.95. The normalized spacial score (nSPS) is 19.4. The van der Waals surface area contributed by atoms with Gasteiger partial charge in [0.2, 0.25) is 5.91 Å². The summed E-state index contributed by atoms with van der Waals surface area (Å²) in [5, 5.41) is 4.89. The number of ether oxygens (including phenoxy) is 1. The topological polar surface area (TPSA) is 87.7 Å². The molecule has 206 valence electrons. The van der Waals surface area contributed by atoms with Crippen molar-refractivity contribution >= 4 is 52.6 Å². The number of hydrogen-bond acceptors (Lipinski definition) is 6. The Hall–Kier alpha value is -2.29. The SMILES string of the molecule is C[C@@H](Nc1nc(C2CCN(C(=O)[C@H]3CCCN3C(=O)OC(C)(C)C)CC2)ncc1Cl)c1ccc(Cl)cc1Cl. The number of carbonyl (C=O) groups is 2. The van der Waals surface area contributed by atoms with Crippen molar-refractivity contribution in [2.45, 2.75) is 77.0 Å². The van der Waals surface area contributed by atoms with Gasteiger partial charge in [0.1, 0.15) is 28.3 Å². The Balaban J connectivity index is 1.38. The average molecular weight is 583 g/mol. The minimum absolute atomic E-state index is 0.0140. The molecule has 11 heteroatoms. The van der Waals surface area contributed by atoms with E-state index in [0.717, 1.165) is 24.8 Å². The van der Waals surface area contributed by atoms with Crippen molar-refractivity contribution in [3.63, 3.8) is 0 Å². The molecule has 1 aromatic carbocycles. The van der Waals surface area contributed by atoms with E-state index in [1.165, 1.54) is 0 Å². The molecule has 2 saturated heterocycles. The number of likely N-dealkylation sites (tertiary alicyclic amines) is 2. The van der Waals surface area contributed by atoms with Gasteiger partial charge in [-0.2, -0.15) is 0 Å². The quantitative estimate of drug-likeness (QED) is 0.421. The van der Waals surface area contributed by atoms with E-state index in [1.54, 1.807) is 23.2 Å². The van der Waals surface area contributed by atoms with E-state index in [9.17, 15) is 9.59 Å². The standard InChI is InChI=1S/C27H34Cl3N5O3/c1-16(19-8-7-18(28)14-20(19)29)32-24-21(30)15-31-23(33-24)17-9-12-34(13-10-17)25(36)22-6-5-11-35(22)26(37)38-27(2,3)4/h7-8,14-17,22H,5-6,9-13H2,1-4H3,(H,31,32,33)/t16-,22-/m1/s1. The molecule has 4 rings (SSSR count). The lowest BCUT2D eigenvalue weighted by atomic mass is 9.95. The number of halogens is 3. The van der Waals surface area contributed by atoms with Crippen LogP contribution in [0.15, 0.2) is 24.4 Å². The van der Waals surface area contributed by atoms with Crippen molar-refractivity contribution in [2.75, 3.05) is 25.0 Å². The van der Waals surface area contributed by atoms with Crippen molar-refractivity contribution in [1.29, 1.82) is 0 Å². The highest BCUT2D eigenvalue weighted by Gasteiger charge is 2.39. The fourth-order valence-corrected chi connectivity index (χ4v) is 5.66. The van der Waals surface area contributed by atoms with Crippen LogP contribution in [0, 0.1) is 0 Å². The Bertz CT molecular complexity index is 1180. The molecule has 0 unspecified atom stereocenters. The van der Waals surface area contributed by atoms with Crippen molar-refractivity contribution in [1.82, 2.24) is 19.8 Å². The van der Waals surface area contributed by atoms with Gasteiger partial charge in [-0.25, -0.2) is 14.8 Å². The predicted molar refractivity (Wildman–Crippen MR) is 150 cm³/mol. The third-order valence-electron chi connectivity index (χ3n) is 6.88. The van der Waals surface area contributed by atoms with Crippen molar-refractivity contribution in [3.8, 4) is 0 Å². The molecule has 0 spiro atoms. The van der Waals surface area contributed by atoms with Crippen LogP contribution in [0.25, 0.3) is 0 Å². The molecule has 8 nitrogen and oxygen atoms in total. The molecule has 2 atom stereocenters. The second-order valence-electron chi connectivity index (χ2n) is 10.9. The molecular formula is C27H34Cl3N5O3. The first-order valence-electron chi connectivity index (χ1n) is 13.0. The van der Waals surface area contributed by atoms with Crippen molar-refractivity contribution < 1.29 is 14.3 Å². The van der Waals surface area contributed by atoms with Gasteiger partial charge >= 0.3 is 6.09 Å². The van der Waals surface area contributed by atoms with Crippen LogP contribution in [-0.2, 0) is 9.53 Å². The van der Waals surface area contributed by atoms with Gasteiger partial charge in [0.25, 0.3) is 0 Å². The minimum atomic E-state index is -0.600. The largest absolute Gasteiger partial charge is 0.444 e. The van der Waals surface area contributed by atoms with E-state index < -0.39 is 17.7 Å². The number of piperidine rings is 1. The summed E-state index contributed by atoms with van der Waals surface area (Å²) in [5.74, 6) is 1.30. The number of nitrogens with zero attached hydrogens (tertiary/aromatic N) is 4. The highest BCUT2D eigenvalue weighted by molar-refractivity contribution is 6.35. The van der Waals surface area contributed by atoms with Crippen LogP contribution >= 0.6 is 34.8 Å². The molecule has 0 saturated carbocycles. The van der Waals surface area contributed by atoms with Gasteiger partial charge in [-0.1, -0.05) is 40.9 Å². The maximum atomic E-state index is 13.3. The first-order valence-corrected chi connectivity index (χ1v) is 14.1. The summed E-state index contributed by atoms with van der Waals surface area (Å²) in [6, 6.07) is 4.75. The van der Waals surface area contributed by atoms with Gasteiger partial charge in [0.05, 0.1) is 12.2 Å². The summed E-state index contributed by atoms with van der Waals surface area (Å²) in [6.07, 6.45) is 4.09. The van der Waals surface area contributed by atoms with Gasteiger partial charge in [-0.15, -0.1) is 0 Å². The predicted octanol–water partition coefficient (Wildman–Crippen LogP) is 6.72. The lowest BCUT2D eigenvalue weighted by molar-refractivity contribution is -0.137. The number of amides is 2. The zero-order valence-electron chi connectivity index (χ0n) is 22.1. The van der Waals surface area contributed by atoms with Crippen molar-refractivity contribution in [3.05, 3.63) is 50.9 Å². The van der Waals surface area contributed by atoms with Gasteiger partial charge in [-0.05, 0) is 71.1 Å². The number of nitrogens with one attached hydrogen (secondary N) is 1. The molecule has 1 aromatic heterocycles. The zero-order chi connectivity index (χ0) is 27.6. The minimum Gasteiger partial charge on any atom is -0.444 e. The second kappa shape index (κ2) is 11.8. The summed E-state index contributed by atoms with van der Waals surface area (Å²) in [6.45, 7) is 9.15. The maximum absolute atomic E-state index is 13.3. The summed E-state index contributed by atoms with van der Waals surface area (Å²) < 4.78 is 5.52. The molecule has 1 N–H and O–H groups in total. The van der Waals surface area contributed by atoms with E-state index in [0.29, 0.717) is 52.8 Å². The molecule has 2 aromatic rings. The van der Waals surface area contributed by atoms with Gasteiger partial charge < -0.3 is 15.0 Å². The summed E-state index contributed by atoms with van der Waals surface area (Å²) >= 11 is 18.8. The average Bonchev–Trinajstić information content (AvgIpc) is 3.34. The number of carbonyl (C=O) groups excluding carboxylic acids is 2. The summed E-state index contributed by atoms with van der Waals surface area (Å²) in [4.78, 5) is 38.6. The molecule has 2 aliphatic heterocycles.